The maximum Gasteiger partial charge on any atom is 0.308 e. The molecule has 44 heavy (non-hydrogen) atoms. The molecule has 226 valence electrons. The highest BCUT2D eigenvalue weighted by atomic mass is 35.5. The van der Waals surface area contributed by atoms with Gasteiger partial charge in [-0.05, 0) is 68.3 Å². The highest BCUT2D eigenvalue weighted by molar-refractivity contribution is 7.17. The van der Waals surface area contributed by atoms with Crippen LogP contribution in [0.3, 0.4) is 0 Å². The molecular weight excluding hydrogens is 596 g/mol. The molecule has 0 saturated carbocycles. The van der Waals surface area contributed by atoms with Crippen LogP contribution in [-0.2, 0) is 16.1 Å². The molecule has 2 heterocycles. The number of aryl methyl sites for hydroxylation is 1. The number of amidine groups is 1. The fourth-order valence-corrected chi connectivity index (χ4v) is 6.31. The number of thiophene rings is 1. The Morgan fingerprint density at radius 1 is 1.09 bits per heavy atom. The molecule has 4 aromatic rings. The fourth-order valence-electron chi connectivity index (χ4n) is 4.92. The number of aliphatic imine (C=N–C) groups is 1. The molecule has 0 aliphatic carbocycles. The zero-order chi connectivity index (χ0) is 31.5. The van der Waals surface area contributed by atoms with Crippen LogP contribution in [-0.4, -0.2) is 35.6 Å². The summed E-state index contributed by atoms with van der Waals surface area (Å²) in [5.74, 6) is -0.689. The Morgan fingerprint density at radius 2 is 1.77 bits per heavy atom. The number of anilines is 3. The first-order valence-corrected chi connectivity index (χ1v) is 15.2. The Labute approximate surface area is 265 Å². The van der Waals surface area contributed by atoms with Crippen molar-refractivity contribution in [3.63, 3.8) is 0 Å². The third kappa shape index (κ3) is 6.52. The number of ether oxygens (including phenoxy) is 1. The highest BCUT2D eigenvalue weighted by Crippen LogP contribution is 2.40. The van der Waals surface area contributed by atoms with E-state index < -0.39 is 18.2 Å². The third-order valence-corrected chi connectivity index (χ3v) is 8.85. The summed E-state index contributed by atoms with van der Waals surface area (Å²) in [6.45, 7) is 5.87. The van der Waals surface area contributed by atoms with Crippen LogP contribution in [0.5, 0.6) is 0 Å². The molecule has 9 nitrogen and oxygen atoms in total. The van der Waals surface area contributed by atoms with E-state index in [0.29, 0.717) is 33.2 Å². The van der Waals surface area contributed by atoms with Crippen LogP contribution < -0.4 is 21.7 Å². The maximum absolute atomic E-state index is 13.1. The van der Waals surface area contributed by atoms with Crippen molar-refractivity contribution in [2.24, 2.45) is 10.7 Å². The molecule has 0 saturated heterocycles. The number of nitrogens with zero attached hydrogens (tertiary/aromatic N) is 2. The van der Waals surface area contributed by atoms with Gasteiger partial charge < -0.3 is 26.4 Å². The lowest BCUT2D eigenvalue weighted by molar-refractivity contribution is -0.145. The summed E-state index contributed by atoms with van der Waals surface area (Å²) < 4.78 is 5.60. The summed E-state index contributed by atoms with van der Waals surface area (Å²) in [5.41, 5.74) is 17.9. The normalized spacial score (nSPS) is 15.2. The van der Waals surface area contributed by atoms with Crippen LogP contribution in [0.4, 0.5) is 16.4 Å². The van der Waals surface area contributed by atoms with Crippen LogP contribution in [0.25, 0.3) is 0 Å². The second-order valence-electron chi connectivity index (χ2n) is 10.6. The number of esters is 1. The lowest BCUT2D eigenvalue weighted by atomic mass is 9.99. The number of hydrogen-bond donors (Lipinski definition) is 4. The van der Waals surface area contributed by atoms with E-state index in [1.54, 1.807) is 76.9 Å². The largest absolute Gasteiger partial charge is 0.461 e. The predicted molar refractivity (Wildman–Crippen MR) is 178 cm³/mol. The molecule has 11 heteroatoms. The number of halogens is 1. The number of carbonyl (C=O) groups is 2. The molecule has 1 amide bonds. The minimum Gasteiger partial charge on any atom is -0.461 e. The fraction of sp³-hybridized carbons (Fsp3) is 0.212. The average molecular weight is 629 g/mol. The Bertz CT molecular complexity index is 1750. The van der Waals surface area contributed by atoms with Crippen molar-refractivity contribution in [1.82, 2.24) is 0 Å². The van der Waals surface area contributed by atoms with Gasteiger partial charge >= 0.3 is 5.97 Å². The first-order valence-electron chi connectivity index (χ1n) is 14.0. The quantitative estimate of drug-likeness (QED) is 0.133. The number of fused-ring (bicyclic) bond motifs is 1. The Hall–Kier alpha value is -4.51. The van der Waals surface area contributed by atoms with E-state index in [2.05, 4.69) is 5.32 Å². The number of nitrogens with one attached hydrogen (secondary N) is 2. The monoisotopic (exact) mass is 628 g/mol. The minimum absolute atomic E-state index is 0.00280. The molecule has 0 fully saturated rings. The molecular formula is C33H33ClN6O3S. The number of nitrogen functional groups attached to an aromatic ring is 1. The molecule has 1 aromatic heterocycles. The summed E-state index contributed by atoms with van der Waals surface area (Å²) >= 11 is 7.72. The van der Waals surface area contributed by atoms with Gasteiger partial charge in [-0.25, -0.2) is 0 Å². The number of hydrogen-bond acceptors (Lipinski definition) is 8. The number of nitrogens with two attached hydrogens (primary N) is 2. The average Bonchev–Trinajstić information content (AvgIpc) is 3.21. The predicted octanol–water partition coefficient (Wildman–Crippen LogP) is 6.29. The SMILES string of the molecule is Cc1sc2c(c1C)C(c1ccc(Cl)cc1)=NC(CC(=O)OCc1ccc(C(=O)Nc3ccccc3N)cc1)C(=N)N2C(C)N. The number of para-hydroxylation sites is 2. The molecule has 5 rings (SSSR count). The Kier molecular flexibility index (Phi) is 9.14. The molecule has 0 bridgehead atoms. The van der Waals surface area contributed by atoms with Crippen molar-refractivity contribution in [2.75, 3.05) is 16.0 Å². The molecule has 3 aromatic carbocycles. The minimum atomic E-state index is -0.824. The summed E-state index contributed by atoms with van der Waals surface area (Å²) in [7, 11) is 0. The number of amides is 1. The number of carbonyl (C=O) groups excluding carboxylic acids is 2. The third-order valence-electron chi connectivity index (χ3n) is 7.39. The van der Waals surface area contributed by atoms with E-state index in [-0.39, 0.29) is 24.8 Å². The summed E-state index contributed by atoms with van der Waals surface area (Å²) in [6.07, 6.45) is -0.670. The van der Waals surface area contributed by atoms with Gasteiger partial charge in [-0.2, -0.15) is 0 Å². The van der Waals surface area contributed by atoms with E-state index in [1.807, 2.05) is 32.9 Å². The van der Waals surface area contributed by atoms with E-state index in [9.17, 15) is 9.59 Å². The van der Waals surface area contributed by atoms with Gasteiger partial charge in [-0.1, -0.05) is 48.0 Å². The topological polar surface area (TPSA) is 147 Å². The highest BCUT2D eigenvalue weighted by Gasteiger charge is 2.35. The second kappa shape index (κ2) is 13.0. The van der Waals surface area contributed by atoms with Gasteiger partial charge in [0.15, 0.2) is 0 Å². The zero-order valence-corrected chi connectivity index (χ0v) is 26.1. The second-order valence-corrected chi connectivity index (χ2v) is 12.2. The zero-order valence-electron chi connectivity index (χ0n) is 24.6. The van der Waals surface area contributed by atoms with E-state index in [0.717, 1.165) is 26.6 Å². The van der Waals surface area contributed by atoms with Crippen molar-refractivity contribution in [3.05, 3.63) is 111 Å². The Morgan fingerprint density at radius 3 is 2.43 bits per heavy atom. The van der Waals surface area contributed by atoms with E-state index in [4.69, 9.17) is 38.2 Å². The lowest BCUT2D eigenvalue weighted by Crippen LogP contribution is -2.47. The smallest absolute Gasteiger partial charge is 0.308 e. The van der Waals surface area contributed by atoms with Gasteiger partial charge in [-0.15, -0.1) is 11.3 Å². The maximum atomic E-state index is 13.1. The molecule has 1 aliphatic rings. The van der Waals surface area contributed by atoms with Gasteiger partial charge in [0.1, 0.15) is 23.5 Å². The van der Waals surface area contributed by atoms with Gasteiger partial charge in [0.2, 0.25) is 0 Å². The Balaban J connectivity index is 1.33. The van der Waals surface area contributed by atoms with Crippen LogP contribution in [0.15, 0.2) is 77.8 Å². The van der Waals surface area contributed by atoms with Gasteiger partial charge in [-0.3, -0.25) is 20.0 Å². The van der Waals surface area contributed by atoms with Gasteiger partial charge in [0.05, 0.1) is 29.7 Å². The van der Waals surface area contributed by atoms with Crippen LogP contribution >= 0.6 is 22.9 Å². The van der Waals surface area contributed by atoms with Crippen molar-refractivity contribution in [1.29, 1.82) is 5.41 Å². The van der Waals surface area contributed by atoms with Crippen molar-refractivity contribution < 1.29 is 14.3 Å². The first-order chi connectivity index (χ1) is 21.0. The molecule has 0 spiro atoms. The molecule has 2 atom stereocenters. The summed E-state index contributed by atoms with van der Waals surface area (Å²) in [6, 6.07) is 20.3. The van der Waals surface area contributed by atoms with Crippen molar-refractivity contribution >= 4 is 62.7 Å². The summed E-state index contributed by atoms with van der Waals surface area (Å²) in [4.78, 5) is 33.6. The number of rotatable bonds is 8. The molecule has 6 N–H and O–H groups in total. The van der Waals surface area contributed by atoms with Gasteiger partial charge in [0, 0.05) is 26.6 Å². The van der Waals surface area contributed by atoms with Gasteiger partial charge in [0.25, 0.3) is 5.91 Å². The van der Waals surface area contributed by atoms with Crippen LogP contribution in [0.2, 0.25) is 5.02 Å². The van der Waals surface area contributed by atoms with Crippen molar-refractivity contribution in [3.8, 4) is 0 Å². The van der Waals surface area contributed by atoms with E-state index in [1.165, 1.54) is 0 Å². The number of benzene rings is 3. The standard InChI is InChI=1S/C33H33ClN6O3S/c1-18-19(2)44-33-29(18)30(22-12-14-24(34)15-13-22)38-27(31(37)40(33)20(3)35)16-28(41)43-17-21-8-10-23(11-9-21)32(42)39-26-7-5-4-6-25(26)36/h4-15,20,27,37H,16-17,35-36H2,1-3H3,(H,39,42). The molecule has 1 aliphatic heterocycles. The lowest BCUT2D eigenvalue weighted by Gasteiger charge is -2.29. The van der Waals surface area contributed by atoms with E-state index >= 15 is 0 Å². The first kappa shape index (κ1) is 30.9. The van der Waals surface area contributed by atoms with Crippen molar-refractivity contribution in [2.45, 2.75) is 46.0 Å². The summed E-state index contributed by atoms with van der Waals surface area (Å²) in [5, 5.41) is 13.3. The molecule has 0 radical (unpaired) electrons. The molecule has 2 unspecified atom stereocenters. The van der Waals surface area contributed by atoms with Crippen LogP contribution in [0, 0.1) is 19.3 Å². The van der Waals surface area contributed by atoms with Crippen LogP contribution in [0.1, 0.15) is 50.8 Å².